The van der Waals surface area contributed by atoms with E-state index < -0.39 is 0 Å². The fourth-order valence-corrected chi connectivity index (χ4v) is 4.75. The minimum atomic E-state index is -0.277. The van der Waals surface area contributed by atoms with Gasteiger partial charge >= 0.3 is 0 Å². The number of pyridine rings is 1. The highest BCUT2D eigenvalue weighted by atomic mass is 16.5. The predicted octanol–water partition coefficient (Wildman–Crippen LogP) is 5.07. The number of ether oxygens (including phenoxy) is 2. The molecular weight excluding hydrogens is 442 g/mol. The van der Waals surface area contributed by atoms with Gasteiger partial charge in [0.05, 0.1) is 36.9 Å². The van der Waals surface area contributed by atoms with Crippen molar-refractivity contribution in [1.82, 2.24) is 14.8 Å². The van der Waals surface area contributed by atoms with Crippen molar-refractivity contribution in [3.05, 3.63) is 82.3 Å². The van der Waals surface area contributed by atoms with Gasteiger partial charge in [0.1, 0.15) is 11.5 Å². The topological polar surface area (TPSA) is 86.2 Å². The molecule has 1 N–H and O–H groups in total. The number of hydrogen-bond donors (Lipinski definition) is 1. The summed E-state index contributed by atoms with van der Waals surface area (Å²) in [7, 11) is 3.13. The van der Waals surface area contributed by atoms with Gasteiger partial charge in [-0.1, -0.05) is 44.2 Å². The summed E-state index contributed by atoms with van der Waals surface area (Å²) in [5.41, 5.74) is 3.78. The van der Waals surface area contributed by atoms with Gasteiger partial charge in [0.15, 0.2) is 5.78 Å². The molecule has 4 aromatic rings. The molecule has 178 valence electrons. The number of hydrogen-bond acceptors (Lipinski definition) is 5. The fourth-order valence-electron chi connectivity index (χ4n) is 4.75. The van der Waals surface area contributed by atoms with Crippen molar-refractivity contribution in [3.63, 3.8) is 0 Å². The zero-order valence-corrected chi connectivity index (χ0v) is 20.2. The third-order valence-electron chi connectivity index (χ3n) is 6.45. The van der Waals surface area contributed by atoms with Crippen molar-refractivity contribution >= 4 is 5.78 Å². The lowest BCUT2D eigenvalue weighted by Crippen LogP contribution is -2.35. The van der Waals surface area contributed by atoms with E-state index in [9.17, 15) is 9.59 Å². The van der Waals surface area contributed by atoms with Crippen LogP contribution in [-0.4, -0.2) is 34.8 Å². The molecule has 2 heterocycles. The summed E-state index contributed by atoms with van der Waals surface area (Å²) in [5, 5.41) is 7.42. The number of H-pyrrole nitrogens is 1. The standard InChI is InChI=1S/C28H27N3O4/c1-28(2)15-24-20(25(32)16-28)13-19(22-14-21(29-30-22)17-8-6-5-7-9-17)27(33)31(24)23-12-18(34-3)10-11-26(23)35-4/h5-14H,15-16H2,1-4H3,(H,29,30). The Morgan fingerprint density at radius 3 is 2.40 bits per heavy atom. The zero-order chi connectivity index (χ0) is 24.7. The number of aromatic amines is 1. The average molecular weight is 470 g/mol. The molecule has 35 heavy (non-hydrogen) atoms. The van der Waals surface area contributed by atoms with E-state index in [1.54, 1.807) is 43.1 Å². The summed E-state index contributed by atoms with van der Waals surface area (Å²) >= 11 is 0. The van der Waals surface area contributed by atoms with Gasteiger partial charge in [-0.2, -0.15) is 5.10 Å². The molecule has 7 nitrogen and oxygen atoms in total. The summed E-state index contributed by atoms with van der Waals surface area (Å²) in [6, 6.07) is 18.6. The average Bonchev–Trinajstić information content (AvgIpc) is 3.33. The number of benzene rings is 2. The highest BCUT2D eigenvalue weighted by Crippen LogP contribution is 2.38. The molecule has 0 fully saturated rings. The van der Waals surface area contributed by atoms with E-state index in [1.807, 2.05) is 50.2 Å². The molecule has 0 saturated heterocycles. The van der Waals surface area contributed by atoms with Crippen LogP contribution in [0.2, 0.25) is 0 Å². The molecule has 7 heteroatoms. The van der Waals surface area contributed by atoms with E-state index in [4.69, 9.17) is 9.47 Å². The Bertz CT molecular complexity index is 1480. The van der Waals surface area contributed by atoms with E-state index in [0.29, 0.717) is 52.5 Å². The van der Waals surface area contributed by atoms with Gasteiger partial charge in [-0.15, -0.1) is 0 Å². The van der Waals surface area contributed by atoms with E-state index in [0.717, 1.165) is 11.3 Å². The third-order valence-corrected chi connectivity index (χ3v) is 6.45. The van der Waals surface area contributed by atoms with Gasteiger partial charge in [0.2, 0.25) is 0 Å². The predicted molar refractivity (Wildman–Crippen MR) is 135 cm³/mol. The van der Waals surface area contributed by atoms with Crippen LogP contribution in [0.15, 0.2) is 65.5 Å². The molecule has 2 aromatic carbocycles. The molecule has 0 unspecified atom stereocenters. The number of carbonyl (C=O) groups is 1. The van der Waals surface area contributed by atoms with Crippen molar-refractivity contribution in [3.8, 4) is 39.7 Å². The van der Waals surface area contributed by atoms with Gasteiger partial charge in [0.25, 0.3) is 5.56 Å². The molecule has 0 atom stereocenters. The van der Waals surface area contributed by atoms with E-state index in [1.165, 1.54) is 0 Å². The fraction of sp³-hybridized carbons (Fsp3) is 0.250. The Morgan fingerprint density at radius 2 is 1.69 bits per heavy atom. The third kappa shape index (κ3) is 4.03. The van der Waals surface area contributed by atoms with Crippen LogP contribution in [0.25, 0.3) is 28.2 Å². The van der Waals surface area contributed by atoms with E-state index in [-0.39, 0.29) is 16.8 Å². The number of nitrogens with zero attached hydrogens (tertiary/aromatic N) is 2. The number of ketones is 1. The Hall–Kier alpha value is -4.13. The number of rotatable bonds is 5. The molecule has 0 aliphatic heterocycles. The second-order valence-electron chi connectivity index (χ2n) is 9.57. The van der Waals surface area contributed by atoms with Crippen LogP contribution < -0.4 is 15.0 Å². The molecule has 2 aromatic heterocycles. The van der Waals surface area contributed by atoms with Crippen LogP contribution in [0.4, 0.5) is 0 Å². The van der Waals surface area contributed by atoms with Gasteiger partial charge in [0, 0.05) is 29.3 Å². The van der Waals surface area contributed by atoms with Crippen LogP contribution in [0, 0.1) is 5.41 Å². The van der Waals surface area contributed by atoms with Gasteiger partial charge < -0.3 is 9.47 Å². The van der Waals surface area contributed by atoms with Gasteiger partial charge in [-0.05, 0) is 36.1 Å². The van der Waals surface area contributed by atoms with Crippen LogP contribution in [0.5, 0.6) is 11.5 Å². The molecule has 0 bridgehead atoms. The van der Waals surface area contributed by atoms with E-state index in [2.05, 4.69) is 10.2 Å². The second kappa shape index (κ2) is 8.58. The molecule has 0 saturated carbocycles. The Morgan fingerprint density at radius 1 is 0.914 bits per heavy atom. The first-order valence-electron chi connectivity index (χ1n) is 11.5. The minimum Gasteiger partial charge on any atom is -0.497 e. The maximum atomic E-state index is 14.1. The smallest absolute Gasteiger partial charge is 0.264 e. The number of Topliss-reactive ketones (excluding diaryl/α,β-unsaturated/α-hetero) is 1. The first-order chi connectivity index (χ1) is 16.8. The normalized spacial score (nSPS) is 14.5. The molecule has 1 aliphatic carbocycles. The lowest BCUT2D eigenvalue weighted by Gasteiger charge is -2.32. The van der Waals surface area contributed by atoms with Crippen LogP contribution >= 0.6 is 0 Å². The SMILES string of the molecule is COc1ccc(OC)c(-n2c3c(cc(-c4cc(-c5ccccc5)n[nH]4)c2=O)C(=O)CC(C)(C)C3)c1. The quantitative estimate of drug-likeness (QED) is 0.441. The molecule has 1 aliphatic rings. The van der Waals surface area contributed by atoms with Crippen molar-refractivity contribution in [2.75, 3.05) is 14.2 Å². The second-order valence-corrected chi connectivity index (χ2v) is 9.57. The molecule has 0 radical (unpaired) electrons. The van der Waals surface area contributed by atoms with Crippen LogP contribution in [-0.2, 0) is 6.42 Å². The van der Waals surface area contributed by atoms with E-state index >= 15 is 0 Å². The molecular formula is C28H27N3O4. The Kier molecular flexibility index (Phi) is 5.55. The first kappa shape index (κ1) is 22.7. The van der Waals surface area contributed by atoms with Crippen molar-refractivity contribution < 1.29 is 14.3 Å². The number of aromatic nitrogens is 3. The van der Waals surface area contributed by atoms with Crippen molar-refractivity contribution in [1.29, 1.82) is 0 Å². The molecule has 5 rings (SSSR count). The Labute approximate surface area is 203 Å². The number of fused-ring (bicyclic) bond motifs is 1. The Balaban J connectivity index is 1.79. The van der Waals surface area contributed by atoms with Crippen LogP contribution in [0.1, 0.15) is 36.3 Å². The summed E-state index contributed by atoms with van der Waals surface area (Å²) in [6.45, 7) is 4.08. The summed E-state index contributed by atoms with van der Waals surface area (Å²) in [5.74, 6) is 1.11. The highest BCUT2D eigenvalue weighted by molar-refractivity contribution is 6.00. The minimum absolute atomic E-state index is 0.0101. The number of nitrogens with one attached hydrogen (secondary N) is 1. The number of methoxy groups -OCH3 is 2. The number of carbonyl (C=O) groups excluding carboxylic acids is 1. The largest absolute Gasteiger partial charge is 0.497 e. The lowest BCUT2D eigenvalue weighted by atomic mass is 9.75. The summed E-state index contributed by atoms with van der Waals surface area (Å²) in [6.07, 6.45) is 0.979. The van der Waals surface area contributed by atoms with Crippen molar-refractivity contribution in [2.24, 2.45) is 5.41 Å². The molecule has 0 spiro atoms. The molecule has 0 amide bonds. The summed E-state index contributed by atoms with van der Waals surface area (Å²) < 4.78 is 12.7. The highest BCUT2D eigenvalue weighted by Gasteiger charge is 2.35. The van der Waals surface area contributed by atoms with Gasteiger partial charge in [-0.25, -0.2) is 0 Å². The monoisotopic (exact) mass is 469 g/mol. The van der Waals surface area contributed by atoms with Crippen LogP contribution in [0.3, 0.4) is 0 Å². The lowest BCUT2D eigenvalue weighted by molar-refractivity contribution is 0.0909. The maximum absolute atomic E-state index is 14.1. The summed E-state index contributed by atoms with van der Waals surface area (Å²) in [4.78, 5) is 27.4. The van der Waals surface area contributed by atoms with Crippen molar-refractivity contribution in [2.45, 2.75) is 26.7 Å². The maximum Gasteiger partial charge on any atom is 0.264 e. The first-order valence-corrected chi connectivity index (χ1v) is 11.5. The zero-order valence-electron chi connectivity index (χ0n) is 20.2. The van der Waals surface area contributed by atoms with Gasteiger partial charge in [-0.3, -0.25) is 19.3 Å².